The van der Waals surface area contributed by atoms with Crippen LogP contribution in [0.4, 0.5) is 5.95 Å². The first-order valence-corrected chi connectivity index (χ1v) is 9.62. The predicted molar refractivity (Wildman–Crippen MR) is 108 cm³/mol. The summed E-state index contributed by atoms with van der Waals surface area (Å²) in [7, 11) is 0. The number of aromatic nitrogens is 3. The molecule has 6 heteroatoms. The zero-order chi connectivity index (χ0) is 19.1. The second-order valence-corrected chi connectivity index (χ2v) is 7.09. The van der Waals surface area contributed by atoms with E-state index in [2.05, 4.69) is 27.0 Å². The van der Waals surface area contributed by atoms with Crippen molar-refractivity contribution in [3.8, 4) is 23.1 Å². The molecule has 0 spiro atoms. The van der Waals surface area contributed by atoms with E-state index in [0.717, 1.165) is 10.4 Å². The Kier molecular flexibility index (Phi) is 6.29. The Morgan fingerprint density at radius 3 is 2.70 bits per heavy atom. The monoisotopic (exact) mass is 376 g/mol. The molecule has 0 fully saturated rings. The minimum absolute atomic E-state index is 0.0579. The quantitative estimate of drug-likeness (QED) is 0.627. The first-order chi connectivity index (χ1) is 13.1. The highest BCUT2D eigenvalue weighted by atomic mass is 32.1. The van der Waals surface area contributed by atoms with Gasteiger partial charge in [0.2, 0.25) is 5.91 Å². The molecule has 0 bridgehead atoms. The van der Waals surface area contributed by atoms with Gasteiger partial charge in [0.15, 0.2) is 0 Å². The molecule has 0 aliphatic carbocycles. The Morgan fingerprint density at radius 2 is 2.00 bits per heavy atom. The second kappa shape index (κ2) is 9.06. The van der Waals surface area contributed by atoms with E-state index in [1.165, 1.54) is 0 Å². The molecule has 1 aromatic carbocycles. The van der Waals surface area contributed by atoms with E-state index in [4.69, 9.17) is 0 Å². The highest BCUT2D eigenvalue weighted by molar-refractivity contribution is 7.10. The van der Waals surface area contributed by atoms with Crippen LogP contribution < -0.4 is 4.90 Å². The maximum atomic E-state index is 12.7. The molecule has 0 saturated heterocycles. The van der Waals surface area contributed by atoms with Crippen molar-refractivity contribution in [1.29, 1.82) is 0 Å². The van der Waals surface area contributed by atoms with Crippen LogP contribution in [0.15, 0.2) is 54.0 Å². The summed E-state index contributed by atoms with van der Waals surface area (Å²) in [5.74, 6) is 6.39. The molecule has 0 saturated carbocycles. The van der Waals surface area contributed by atoms with Gasteiger partial charge in [-0.2, -0.15) is 5.10 Å². The minimum Gasteiger partial charge on any atom is -0.277 e. The van der Waals surface area contributed by atoms with E-state index in [0.29, 0.717) is 24.5 Å². The number of amides is 1. The molecule has 0 atom stereocenters. The number of hydrogen-bond donors (Lipinski definition) is 0. The largest absolute Gasteiger partial charge is 0.277 e. The zero-order valence-corrected chi connectivity index (χ0v) is 16.1. The highest BCUT2D eigenvalue weighted by Gasteiger charge is 2.22. The molecular formula is C21H20N4OS. The van der Waals surface area contributed by atoms with Crippen LogP contribution in [0.5, 0.6) is 0 Å². The Hall–Kier alpha value is -3.04. The molecule has 0 aliphatic heterocycles. The average molecular weight is 376 g/mol. The third kappa shape index (κ3) is 4.99. The number of nitrogens with zero attached hydrogens (tertiary/aromatic N) is 4. The third-order valence-electron chi connectivity index (χ3n) is 3.81. The van der Waals surface area contributed by atoms with Gasteiger partial charge < -0.3 is 0 Å². The molecule has 3 rings (SSSR count). The lowest BCUT2D eigenvalue weighted by atomic mass is 10.2. The molecule has 3 aromatic rings. The summed E-state index contributed by atoms with van der Waals surface area (Å²) in [4.78, 5) is 19.9. The normalized spacial score (nSPS) is 10.3. The maximum absolute atomic E-state index is 12.7. The van der Waals surface area contributed by atoms with E-state index in [9.17, 15) is 4.79 Å². The fourth-order valence-corrected chi connectivity index (χ4v) is 3.16. The minimum atomic E-state index is -0.0735. The van der Waals surface area contributed by atoms with Crippen molar-refractivity contribution in [1.82, 2.24) is 15.2 Å². The van der Waals surface area contributed by atoms with Gasteiger partial charge in [0.05, 0.1) is 16.8 Å². The van der Waals surface area contributed by atoms with E-state index in [1.807, 2.05) is 61.7 Å². The van der Waals surface area contributed by atoms with Gasteiger partial charge in [0.25, 0.3) is 5.95 Å². The average Bonchev–Trinajstić information content (AvgIpc) is 3.20. The molecule has 2 heterocycles. The van der Waals surface area contributed by atoms with Crippen molar-refractivity contribution < 1.29 is 4.79 Å². The Labute approximate surface area is 163 Å². The number of hydrogen-bond acceptors (Lipinski definition) is 5. The van der Waals surface area contributed by atoms with Crippen LogP contribution in [0.25, 0.3) is 11.3 Å². The van der Waals surface area contributed by atoms with Crippen LogP contribution >= 0.6 is 11.3 Å². The van der Waals surface area contributed by atoms with Crippen molar-refractivity contribution in [3.63, 3.8) is 0 Å². The van der Waals surface area contributed by atoms with Crippen LogP contribution in [0.2, 0.25) is 0 Å². The van der Waals surface area contributed by atoms with E-state index in [1.54, 1.807) is 22.4 Å². The highest BCUT2D eigenvalue weighted by Crippen LogP contribution is 2.19. The lowest BCUT2D eigenvalue weighted by Gasteiger charge is -2.24. The summed E-state index contributed by atoms with van der Waals surface area (Å²) >= 11 is 1.59. The Bertz CT molecular complexity index is 943. The van der Waals surface area contributed by atoms with Gasteiger partial charge in [0.1, 0.15) is 0 Å². The maximum Gasteiger partial charge on any atom is 0.252 e. The molecule has 0 N–H and O–H groups in total. The Balaban J connectivity index is 1.74. The number of carbonyl (C=O) groups excluding carboxylic acids is 1. The number of benzene rings is 1. The van der Waals surface area contributed by atoms with Crippen LogP contribution in [0, 0.1) is 11.8 Å². The van der Waals surface area contributed by atoms with Crippen molar-refractivity contribution >= 4 is 23.2 Å². The molecule has 0 aliphatic rings. The summed E-state index contributed by atoms with van der Waals surface area (Å²) in [5.41, 5.74) is 1.63. The summed E-state index contributed by atoms with van der Waals surface area (Å²) in [6.07, 6.45) is 2.41. The molecule has 5 nitrogen and oxygen atoms in total. The molecule has 0 radical (unpaired) electrons. The van der Waals surface area contributed by atoms with Crippen molar-refractivity contribution in [3.05, 3.63) is 58.9 Å². The molecule has 136 valence electrons. The number of rotatable bonds is 5. The van der Waals surface area contributed by atoms with Crippen LogP contribution in [-0.2, 0) is 4.79 Å². The van der Waals surface area contributed by atoms with E-state index in [-0.39, 0.29) is 11.9 Å². The first-order valence-electron chi connectivity index (χ1n) is 8.74. The summed E-state index contributed by atoms with van der Waals surface area (Å²) < 4.78 is 0. The SMILES string of the molecule is CC(C)N(C(=O)CCC#Cc1cccs1)c1nncc(-c2ccccc2)n1. The summed E-state index contributed by atoms with van der Waals surface area (Å²) in [5, 5.41) is 10.1. The topological polar surface area (TPSA) is 59.0 Å². The fraction of sp³-hybridized carbons (Fsp3) is 0.238. The number of thiophene rings is 1. The third-order valence-corrected chi connectivity index (χ3v) is 4.60. The van der Waals surface area contributed by atoms with Crippen molar-refractivity contribution in [2.45, 2.75) is 32.7 Å². The van der Waals surface area contributed by atoms with Gasteiger partial charge in [-0.1, -0.05) is 48.2 Å². The number of carbonyl (C=O) groups is 1. The van der Waals surface area contributed by atoms with Crippen molar-refractivity contribution in [2.75, 3.05) is 4.90 Å². The van der Waals surface area contributed by atoms with Gasteiger partial charge in [-0.25, -0.2) is 4.98 Å². The van der Waals surface area contributed by atoms with Crippen LogP contribution in [0.3, 0.4) is 0 Å². The molecule has 2 aromatic heterocycles. The predicted octanol–water partition coefficient (Wildman–Crippen LogP) is 4.17. The lowest BCUT2D eigenvalue weighted by molar-refractivity contribution is -0.118. The second-order valence-electron chi connectivity index (χ2n) is 6.14. The summed E-state index contributed by atoms with van der Waals surface area (Å²) in [6, 6.07) is 13.6. The Morgan fingerprint density at radius 1 is 1.19 bits per heavy atom. The van der Waals surface area contributed by atoms with Gasteiger partial charge in [-0.05, 0) is 25.3 Å². The van der Waals surface area contributed by atoms with E-state index < -0.39 is 0 Å². The summed E-state index contributed by atoms with van der Waals surface area (Å²) in [6.45, 7) is 3.88. The first kappa shape index (κ1) is 18.7. The van der Waals surface area contributed by atoms with Crippen LogP contribution in [-0.4, -0.2) is 27.1 Å². The zero-order valence-electron chi connectivity index (χ0n) is 15.3. The van der Waals surface area contributed by atoms with Gasteiger partial charge in [-0.15, -0.1) is 16.4 Å². The van der Waals surface area contributed by atoms with E-state index >= 15 is 0 Å². The van der Waals surface area contributed by atoms with Crippen molar-refractivity contribution in [2.24, 2.45) is 0 Å². The van der Waals surface area contributed by atoms with Gasteiger partial charge in [-0.3, -0.25) is 9.69 Å². The standard InChI is InChI=1S/C21H20N4OS/c1-16(2)25(20(26)13-7-6-11-18-12-8-14-27-18)21-23-19(15-22-24-21)17-9-4-3-5-10-17/h3-5,8-10,12,14-16H,7,13H2,1-2H3. The van der Waals surface area contributed by atoms with Gasteiger partial charge >= 0.3 is 0 Å². The van der Waals surface area contributed by atoms with Gasteiger partial charge in [0, 0.05) is 24.4 Å². The fourth-order valence-electron chi connectivity index (χ4n) is 2.56. The number of anilines is 1. The molecule has 0 unspecified atom stereocenters. The molecular weight excluding hydrogens is 356 g/mol. The van der Waals surface area contributed by atoms with Crippen LogP contribution in [0.1, 0.15) is 31.6 Å². The molecule has 1 amide bonds. The lowest BCUT2D eigenvalue weighted by Crippen LogP contribution is -2.38. The smallest absolute Gasteiger partial charge is 0.252 e. The molecule has 27 heavy (non-hydrogen) atoms.